The lowest BCUT2D eigenvalue weighted by Crippen LogP contribution is -2.41. The number of hydrogen-bond donors (Lipinski definition) is 0. The highest BCUT2D eigenvalue weighted by Crippen LogP contribution is 2.18. The van der Waals surface area contributed by atoms with Crippen LogP contribution >= 0.6 is 0 Å². The van der Waals surface area contributed by atoms with Gasteiger partial charge in [0.15, 0.2) is 0 Å². The molecule has 0 radical (unpaired) electrons. The fourth-order valence-corrected chi connectivity index (χ4v) is 3.28. The van der Waals surface area contributed by atoms with Crippen molar-refractivity contribution < 1.29 is 17.9 Å². The Labute approximate surface area is 114 Å². The number of aromatic nitrogens is 1. The fraction of sp³-hybridized carbons (Fsp3) is 0.583. The maximum atomic E-state index is 12.4. The standard InChI is InChI=1S/C12H20N2O4S/c1-5-18-12(15)9-14(10(2)3)19(16,17)11-6-7-13(4)8-11/h6-8,10H,5,9H2,1-4H3. The maximum Gasteiger partial charge on any atom is 0.321 e. The van der Waals surface area contributed by atoms with E-state index in [4.69, 9.17) is 4.74 Å². The van der Waals surface area contributed by atoms with Gasteiger partial charge in [-0.25, -0.2) is 8.42 Å². The average molecular weight is 288 g/mol. The van der Waals surface area contributed by atoms with Crippen LogP contribution in [-0.4, -0.2) is 42.5 Å². The summed E-state index contributed by atoms with van der Waals surface area (Å²) in [7, 11) is -1.94. The van der Waals surface area contributed by atoms with Crippen LogP contribution in [0.5, 0.6) is 0 Å². The number of aryl methyl sites for hydroxylation is 1. The van der Waals surface area contributed by atoms with Gasteiger partial charge in [-0.1, -0.05) is 0 Å². The minimum absolute atomic E-state index is 0.174. The van der Waals surface area contributed by atoms with Gasteiger partial charge in [0, 0.05) is 25.5 Å². The van der Waals surface area contributed by atoms with Crippen LogP contribution in [0.15, 0.2) is 23.4 Å². The smallest absolute Gasteiger partial charge is 0.321 e. The topological polar surface area (TPSA) is 68.6 Å². The van der Waals surface area contributed by atoms with E-state index in [0.29, 0.717) is 0 Å². The van der Waals surface area contributed by atoms with Crippen LogP contribution in [-0.2, 0) is 26.6 Å². The second kappa shape index (κ2) is 6.21. The summed E-state index contributed by atoms with van der Waals surface area (Å²) in [6, 6.07) is 1.19. The Kier molecular flexibility index (Phi) is 5.13. The van der Waals surface area contributed by atoms with Crippen molar-refractivity contribution >= 4 is 16.0 Å². The van der Waals surface area contributed by atoms with Crippen LogP contribution < -0.4 is 0 Å². The Morgan fingerprint density at radius 1 is 1.47 bits per heavy atom. The molecule has 0 N–H and O–H groups in total. The quantitative estimate of drug-likeness (QED) is 0.732. The first kappa shape index (κ1) is 15.7. The SMILES string of the molecule is CCOC(=O)CN(C(C)C)S(=O)(=O)c1ccn(C)c1. The summed E-state index contributed by atoms with van der Waals surface area (Å²) in [6.45, 7) is 5.08. The van der Waals surface area contributed by atoms with Gasteiger partial charge in [0.2, 0.25) is 10.0 Å². The molecule has 0 amide bonds. The van der Waals surface area contributed by atoms with Crippen LogP contribution in [0.1, 0.15) is 20.8 Å². The lowest BCUT2D eigenvalue weighted by Gasteiger charge is -2.24. The van der Waals surface area contributed by atoms with Crippen molar-refractivity contribution in [1.29, 1.82) is 0 Å². The number of carbonyl (C=O) groups is 1. The minimum atomic E-state index is -3.68. The van der Waals surface area contributed by atoms with Crippen molar-refractivity contribution in [3.05, 3.63) is 18.5 Å². The normalized spacial score (nSPS) is 12.1. The van der Waals surface area contributed by atoms with Gasteiger partial charge in [-0.15, -0.1) is 0 Å². The monoisotopic (exact) mass is 288 g/mol. The average Bonchev–Trinajstić information content (AvgIpc) is 2.73. The third kappa shape index (κ3) is 3.81. The van der Waals surface area contributed by atoms with E-state index in [1.807, 2.05) is 0 Å². The molecule has 7 heteroatoms. The Morgan fingerprint density at radius 2 is 2.11 bits per heavy atom. The van der Waals surface area contributed by atoms with Crippen molar-refractivity contribution in [3.8, 4) is 0 Å². The van der Waals surface area contributed by atoms with Crippen molar-refractivity contribution in [2.75, 3.05) is 13.2 Å². The van der Waals surface area contributed by atoms with Crippen molar-refractivity contribution in [3.63, 3.8) is 0 Å². The number of carbonyl (C=O) groups excluding carboxylic acids is 1. The fourth-order valence-electron chi connectivity index (χ4n) is 1.64. The van der Waals surface area contributed by atoms with Gasteiger partial charge in [-0.05, 0) is 26.8 Å². The zero-order valence-electron chi connectivity index (χ0n) is 11.7. The minimum Gasteiger partial charge on any atom is -0.465 e. The molecule has 108 valence electrons. The molecule has 6 nitrogen and oxygen atoms in total. The van der Waals surface area contributed by atoms with E-state index in [-0.39, 0.29) is 24.1 Å². The third-order valence-electron chi connectivity index (χ3n) is 2.58. The molecule has 0 aliphatic heterocycles. The molecule has 19 heavy (non-hydrogen) atoms. The molecule has 0 unspecified atom stereocenters. The van der Waals surface area contributed by atoms with E-state index < -0.39 is 16.0 Å². The number of hydrogen-bond acceptors (Lipinski definition) is 4. The van der Waals surface area contributed by atoms with E-state index in [2.05, 4.69) is 0 Å². The van der Waals surface area contributed by atoms with Gasteiger partial charge in [0.25, 0.3) is 0 Å². The largest absolute Gasteiger partial charge is 0.465 e. The van der Waals surface area contributed by atoms with Gasteiger partial charge in [-0.2, -0.15) is 4.31 Å². The highest BCUT2D eigenvalue weighted by Gasteiger charge is 2.29. The molecule has 1 heterocycles. The summed E-state index contributed by atoms with van der Waals surface area (Å²) < 4.78 is 32.5. The van der Waals surface area contributed by atoms with Crippen LogP contribution in [0.3, 0.4) is 0 Å². The van der Waals surface area contributed by atoms with Gasteiger partial charge >= 0.3 is 5.97 Å². The summed E-state index contributed by atoms with van der Waals surface area (Å²) >= 11 is 0. The molecule has 1 rings (SSSR count). The first-order valence-electron chi connectivity index (χ1n) is 6.08. The summed E-state index contributed by atoms with van der Waals surface area (Å²) in [4.78, 5) is 11.7. The zero-order valence-corrected chi connectivity index (χ0v) is 12.5. The number of ether oxygens (including phenoxy) is 1. The van der Waals surface area contributed by atoms with Gasteiger partial charge in [0.1, 0.15) is 6.54 Å². The predicted molar refractivity (Wildman–Crippen MR) is 71.1 cm³/mol. The molecule has 0 saturated heterocycles. The Hall–Kier alpha value is -1.34. The molecule has 0 spiro atoms. The third-order valence-corrected chi connectivity index (χ3v) is 4.58. The van der Waals surface area contributed by atoms with E-state index in [1.165, 1.54) is 12.3 Å². The Morgan fingerprint density at radius 3 is 2.53 bits per heavy atom. The zero-order chi connectivity index (χ0) is 14.6. The summed E-state index contributed by atoms with van der Waals surface area (Å²) in [5.41, 5.74) is 0. The molecule has 0 atom stereocenters. The van der Waals surface area contributed by atoms with Crippen molar-refractivity contribution in [2.45, 2.75) is 31.7 Å². The Bertz CT molecular complexity index is 534. The molecular formula is C12H20N2O4S. The second-order valence-corrected chi connectivity index (χ2v) is 6.35. The van der Waals surface area contributed by atoms with Gasteiger partial charge in [0.05, 0.1) is 11.5 Å². The Balaban J connectivity index is 3.02. The van der Waals surface area contributed by atoms with Crippen LogP contribution in [0.25, 0.3) is 0 Å². The second-order valence-electron chi connectivity index (χ2n) is 4.46. The first-order valence-corrected chi connectivity index (χ1v) is 7.52. The first-order chi connectivity index (χ1) is 8.78. The van der Waals surface area contributed by atoms with E-state index in [0.717, 1.165) is 4.31 Å². The maximum absolute atomic E-state index is 12.4. The molecule has 0 aliphatic carbocycles. The molecule has 0 bridgehead atoms. The molecule has 0 fully saturated rings. The van der Waals surface area contributed by atoms with Crippen LogP contribution in [0, 0.1) is 0 Å². The molecule has 0 saturated carbocycles. The lowest BCUT2D eigenvalue weighted by atomic mass is 10.4. The van der Waals surface area contributed by atoms with E-state index in [9.17, 15) is 13.2 Å². The molecular weight excluding hydrogens is 268 g/mol. The number of rotatable bonds is 6. The van der Waals surface area contributed by atoms with E-state index >= 15 is 0 Å². The van der Waals surface area contributed by atoms with Crippen LogP contribution in [0.4, 0.5) is 0 Å². The molecule has 1 aromatic rings. The summed E-state index contributed by atoms with van der Waals surface area (Å²) in [6.07, 6.45) is 3.16. The van der Waals surface area contributed by atoms with E-state index in [1.54, 1.807) is 38.6 Å². The van der Waals surface area contributed by atoms with Gasteiger partial charge in [-0.3, -0.25) is 4.79 Å². The highest BCUT2D eigenvalue weighted by molar-refractivity contribution is 7.89. The summed E-state index contributed by atoms with van der Waals surface area (Å²) in [5, 5.41) is 0. The number of sulfonamides is 1. The molecule has 0 aromatic carbocycles. The molecule has 1 aromatic heterocycles. The number of nitrogens with zero attached hydrogens (tertiary/aromatic N) is 2. The lowest BCUT2D eigenvalue weighted by molar-refractivity contribution is -0.143. The highest BCUT2D eigenvalue weighted by atomic mass is 32.2. The number of esters is 1. The summed E-state index contributed by atoms with van der Waals surface area (Å²) in [5.74, 6) is -0.546. The van der Waals surface area contributed by atoms with Crippen molar-refractivity contribution in [1.82, 2.24) is 8.87 Å². The van der Waals surface area contributed by atoms with Gasteiger partial charge < -0.3 is 9.30 Å². The van der Waals surface area contributed by atoms with Crippen molar-refractivity contribution in [2.24, 2.45) is 7.05 Å². The predicted octanol–water partition coefficient (Wildman–Crippen LogP) is 0.987. The van der Waals surface area contributed by atoms with Crippen LogP contribution in [0.2, 0.25) is 0 Å². The molecule has 0 aliphatic rings.